The smallest absolute Gasteiger partial charge is 0.305 e. The van der Waals surface area contributed by atoms with Crippen LogP contribution in [0.2, 0.25) is 0 Å². The van der Waals surface area contributed by atoms with Gasteiger partial charge in [-0.1, -0.05) is 53.9 Å². The van der Waals surface area contributed by atoms with E-state index in [4.69, 9.17) is 5.11 Å². The van der Waals surface area contributed by atoms with Gasteiger partial charge in [0.25, 0.3) is 5.91 Å². The topological polar surface area (TPSA) is 66.7 Å². The van der Waals surface area contributed by atoms with Crippen LogP contribution >= 0.6 is 23.5 Å². The molecule has 0 fully saturated rings. The van der Waals surface area contributed by atoms with Gasteiger partial charge >= 0.3 is 5.97 Å². The van der Waals surface area contributed by atoms with Crippen molar-refractivity contribution in [2.24, 2.45) is 4.99 Å². The Hall–Kier alpha value is -1.27. The lowest BCUT2D eigenvalue weighted by molar-refractivity contribution is -0.138. The zero-order valence-corrected chi connectivity index (χ0v) is 11.0. The van der Waals surface area contributed by atoms with Crippen LogP contribution in [0.4, 0.5) is 0 Å². The van der Waals surface area contributed by atoms with Crippen molar-refractivity contribution in [1.29, 1.82) is 0 Å². The molecule has 0 spiro atoms. The standard InChI is InChI=1S/C12H11NO3S2/c14-10(15)6-9-11(16)13-12(18-9)17-7-8-4-2-1-3-5-8/h1-5,9H,6-7H2,(H,14,15). The number of nitrogens with zero attached hydrogens (tertiary/aromatic N) is 1. The van der Waals surface area contributed by atoms with Crippen molar-refractivity contribution in [3.05, 3.63) is 35.9 Å². The number of benzene rings is 1. The van der Waals surface area contributed by atoms with E-state index in [1.54, 1.807) is 0 Å². The molecular formula is C12H11NO3S2. The minimum Gasteiger partial charge on any atom is -0.481 e. The van der Waals surface area contributed by atoms with Gasteiger partial charge in [-0.25, -0.2) is 0 Å². The summed E-state index contributed by atoms with van der Waals surface area (Å²) in [7, 11) is 0. The molecule has 1 unspecified atom stereocenters. The van der Waals surface area contributed by atoms with Crippen LogP contribution in [0.3, 0.4) is 0 Å². The summed E-state index contributed by atoms with van der Waals surface area (Å²) in [4.78, 5) is 25.9. The highest BCUT2D eigenvalue weighted by Crippen LogP contribution is 2.32. The second-order valence-corrected chi connectivity index (χ2v) is 6.11. The maximum Gasteiger partial charge on any atom is 0.305 e. The number of hydrogen-bond donors (Lipinski definition) is 1. The zero-order chi connectivity index (χ0) is 13.0. The summed E-state index contributed by atoms with van der Waals surface area (Å²) in [5, 5.41) is 8.11. The number of rotatable bonds is 4. The molecule has 1 aliphatic heterocycles. The minimum absolute atomic E-state index is 0.164. The van der Waals surface area contributed by atoms with Crippen molar-refractivity contribution in [3.63, 3.8) is 0 Å². The second-order valence-electron chi connectivity index (χ2n) is 3.69. The number of aliphatic carboxylic acids is 1. The lowest BCUT2D eigenvalue weighted by atomic mass is 10.2. The molecule has 6 heteroatoms. The molecule has 1 atom stereocenters. The lowest BCUT2D eigenvalue weighted by Crippen LogP contribution is -2.15. The summed E-state index contributed by atoms with van der Waals surface area (Å²) in [5.74, 6) is -0.567. The molecule has 1 amide bonds. The van der Waals surface area contributed by atoms with Crippen LogP contribution in [0.15, 0.2) is 35.3 Å². The molecule has 1 heterocycles. The quantitative estimate of drug-likeness (QED) is 0.918. The number of carboxylic acid groups (broad SMARTS) is 1. The second kappa shape index (κ2) is 6.06. The summed E-state index contributed by atoms with van der Waals surface area (Å²) in [5.41, 5.74) is 1.15. The van der Waals surface area contributed by atoms with Crippen LogP contribution < -0.4 is 0 Å². The first-order valence-corrected chi connectivity index (χ1v) is 7.19. The van der Waals surface area contributed by atoms with Crippen molar-refractivity contribution in [2.75, 3.05) is 0 Å². The van der Waals surface area contributed by atoms with Gasteiger partial charge in [0.1, 0.15) is 9.63 Å². The Balaban J connectivity index is 1.87. The predicted molar refractivity (Wildman–Crippen MR) is 73.8 cm³/mol. The van der Waals surface area contributed by atoms with E-state index in [1.807, 2.05) is 30.3 Å². The number of amides is 1. The highest BCUT2D eigenvalue weighted by atomic mass is 32.2. The van der Waals surface area contributed by atoms with Gasteiger partial charge in [0, 0.05) is 5.75 Å². The first-order chi connectivity index (χ1) is 8.65. The Bertz CT molecular complexity index is 487. The molecule has 1 aliphatic rings. The maximum atomic E-state index is 11.4. The average molecular weight is 281 g/mol. The number of carbonyl (C=O) groups excluding carboxylic acids is 1. The summed E-state index contributed by atoms with van der Waals surface area (Å²) < 4.78 is 0.662. The fourth-order valence-corrected chi connectivity index (χ4v) is 3.63. The van der Waals surface area contributed by atoms with Crippen LogP contribution in [0.5, 0.6) is 0 Å². The number of aliphatic imine (C=N–C) groups is 1. The van der Waals surface area contributed by atoms with Gasteiger partial charge in [-0.2, -0.15) is 4.99 Å². The highest BCUT2D eigenvalue weighted by molar-refractivity contribution is 8.39. The van der Waals surface area contributed by atoms with Crippen molar-refractivity contribution in [1.82, 2.24) is 0 Å². The molecule has 0 radical (unpaired) electrons. The third-order valence-electron chi connectivity index (χ3n) is 2.29. The predicted octanol–water partition coefficient (Wildman–Crippen LogP) is 2.39. The Morgan fingerprint density at radius 1 is 1.39 bits per heavy atom. The van der Waals surface area contributed by atoms with E-state index in [0.717, 1.165) is 11.3 Å². The molecule has 0 aliphatic carbocycles. The molecular weight excluding hydrogens is 270 g/mol. The van der Waals surface area contributed by atoms with Gasteiger partial charge in [0.05, 0.1) is 6.42 Å². The number of thioether (sulfide) groups is 2. The molecule has 18 heavy (non-hydrogen) atoms. The normalized spacial score (nSPS) is 18.8. The average Bonchev–Trinajstić information content (AvgIpc) is 2.68. The van der Waals surface area contributed by atoms with E-state index in [2.05, 4.69) is 4.99 Å². The van der Waals surface area contributed by atoms with Crippen molar-refractivity contribution in [2.45, 2.75) is 17.4 Å². The fourth-order valence-electron chi connectivity index (χ4n) is 1.43. The Morgan fingerprint density at radius 2 is 2.11 bits per heavy atom. The molecule has 1 aromatic carbocycles. The number of hydrogen-bond acceptors (Lipinski definition) is 4. The molecule has 94 valence electrons. The minimum atomic E-state index is -0.967. The molecule has 0 bridgehead atoms. The molecule has 0 saturated carbocycles. The van der Waals surface area contributed by atoms with Gasteiger partial charge < -0.3 is 5.11 Å². The Labute approximate surface area is 113 Å². The molecule has 1 aromatic rings. The first kappa shape index (κ1) is 13.2. The summed E-state index contributed by atoms with van der Waals surface area (Å²) in [6.07, 6.45) is -0.164. The van der Waals surface area contributed by atoms with E-state index < -0.39 is 11.2 Å². The van der Waals surface area contributed by atoms with Crippen molar-refractivity contribution < 1.29 is 14.7 Å². The van der Waals surface area contributed by atoms with Crippen LogP contribution in [-0.2, 0) is 15.3 Å². The monoisotopic (exact) mass is 281 g/mol. The number of carbonyl (C=O) groups is 2. The SMILES string of the molecule is O=C(O)CC1SC(SCc2ccccc2)=NC1=O. The highest BCUT2D eigenvalue weighted by Gasteiger charge is 2.30. The largest absolute Gasteiger partial charge is 0.481 e. The Kier molecular flexibility index (Phi) is 4.43. The van der Waals surface area contributed by atoms with Gasteiger partial charge in [-0.3, -0.25) is 9.59 Å². The van der Waals surface area contributed by atoms with E-state index >= 15 is 0 Å². The van der Waals surface area contributed by atoms with Gasteiger partial charge in [0.15, 0.2) is 0 Å². The third-order valence-corrected chi connectivity index (χ3v) is 4.69. The third kappa shape index (κ3) is 3.61. The van der Waals surface area contributed by atoms with E-state index in [-0.39, 0.29) is 12.3 Å². The van der Waals surface area contributed by atoms with Crippen LogP contribution in [0.25, 0.3) is 0 Å². The van der Waals surface area contributed by atoms with Crippen molar-refractivity contribution >= 4 is 39.8 Å². The lowest BCUT2D eigenvalue weighted by Gasteiger charge is -2.03. The maximum absolute atomic E-state index is 11.4. The van der Waals surface area contributed by atoms with E-state index in [9.17, 15) is 9.59 Å². The molecule has 1 N–H and O–H groups in total. The van der Waals surface area contributed by atoms with Crippen LogP contribution in [-0.4, -0.2) is 26.6 Å². The van der Waals surface area contributed by atoms with Crippen LogP contribution in [0.1, 0.15) is 12.0 Å². The number of carboxylic acids is 1. The van der Waals surface area contributed by atoms with E-state index in [1.165, 1.54) is 23.5 Å². The summed E-state index contributed by atoms with van der Waals surface area (Å²) in [6, 6.07) is 9.87. The van der Waals surface area contributed by atoms with Crippen LogP contribution in [0, 0.1) is 0 Å². The summed E-state index contributed by atoms with van der Waals surface area (Å²) >= 11 is 2.72. The van der Waals surface area contributed by atoms with Crippen molar-refractivity contribution in [3.8, 4) is 0 Å². The van der Waals surface area contributed by atoms with Gasteiger partial charge in [-0.15, -0.1) is 0 Å². The molecule has 2 rings (SSSR count). The Morgan fingerprint density at radius 3 is 2.78 bits per heavy atom. The van der Waals surface area contributed by atoms with Gasteiger partial charge in [-0.05, 0) is 5.56 Å². The first-order valence-electron chi connectivity index (χ1n) is 5.33. The van der Waals surface area contributed by atoms with E-state index in [0.29, 0.717) is 4.38 Å². The molecule has 0 aromatic heterocycles. The molecule has 4 nitrogen and oxygen atoms in total. The zero-order valence-electron chi connectivity index (χ0n) is 9.41. The fraction of sp³-hybridized carbons (Fsp3) is 0.250. The van der Waals surface area contributed by atoms with Gasteiger partial charge in [0.2, 0.25) is 0 Å². The molecule has 0 saturated heterocycles. The summed E-state index contributed by atoms with van der Waals surface area (Å²) in [6.45, 7) is 0.